The average Bonchev–Trinajstić information content (AvgIpc) is 2.89. The first-order chi connectivity index (χ1) is 10.2. The van der Waals surface area contributed by atoms with Gasteiger partial charge in [-0.2, -0.15) is 0 Å². The van der Waals surface area contributed by atoms with Crippen LogP contribution in [-0.2, 0) is 4.74 Å². The van der Waals surface area contributed by atoms with Gasteiger partial charge >= 0.3 is 0 Å². The molecule has 2 aromatic rings. The highest BCUT2D eigenvalue weighted by Crippen LogP contribution is 2.39. The van der Waals surface area contributed by atoms with E-state index < -0.39 is 4.23 Å². The van der Waals surface area contributed by atoms with Crippen molar-refractivity contribution in [2.75, 3.05) is 43.6 Å². The maximum atomic E-state index is 9.46. The van der Waals surface area contributed by atoms with Gasteiger partial charge in [-0.1, -0.05) is 11.3 Å². The molecular weight excluding hydrogens is 405 g/mol. The molecule has 1 aromatic carbocycles. The molecule has 3 rings (SSSR count). The van der Waals surface area contributed by atoms with Gasteiger partial charge in [0.1, 0.15) is 11.3 Å². The third-order valence-electron chi connectivity index (χ3n) is 3.30. The highest BCUT2D eigenvalue weighted by molar-refractivity contribution is 14.1. The molecule has 21 heavy (non-hydrogen) atoms. The van der Waals surface area contributed by atoms with Crippen molar-refractivity contribution in [1.82, 2.24) is 4.98 Å². The second-order valence-corrected chi connectivity index (χ2v) is 6.74. The van der Waals surface area contributed by atoms with Crippen LogP contribution in [0.2, 0.25) is 0 Å². The van der Waals surface area contributed by atoms with Crippen molar-refractivity contribution in [2.24, 2.45) is 0 Å². The number of methoxy groups -OCH3 is 1. The van der Waals surface area contributed by atoms with Gasteiger partial charge in [-0.15, -0.1) is 0 Å². The summed E-state index contributed by atoms with van der Waals surface area (Å²) in [6, 6.07) is 4.01. The molecule has 8 heteroatoms. The van der Waals surface area contributed by atoms with E-state index >= 15 is 0 Å². The molecule has 1 atom stereocenters. The second-order valence-electron chi connectivity index (χ2n) is 4.56. The number of fused-ring (bicyclic) bond motifs is 1. The number of aliphatic hydroxyl groups is 1. The maximum Gasteiger partial charge on any atom is 0.186 e. The minimum absolute atomic E-state index is 0.666. The van der Waals surface area contributed by atoms with Crippen LogP contribution in [0.15, 0.2) is 12.1 Å². The Balaban J connectivity index is 2.05. The van der Waals surface area contributed by atoms with Crippen LogP contribution >= 0.6 is 33.9 Å². The zero-order chi connectivity index (χ0) is 14.8. The molecular formula is C13H16IN3O3S. The number of benzene rings is 1. The monoisotopic (exact) mass is 421 g/mol. The number of hydrogen-bond acceptors (Lipinski definition) is 7. The summed E-state index contributed by atoms with van der Waals surface area (Å²) in [7, 11) is 1.64. The van der Waals surface area contributed by atoms with E-state index in [0.717, 1.165) is 48.0 Å². The number of ether oxygens (including phenoxy) is 2. The standard InChI is InChI=1S/C13H16IN3O3S/c1-19-9-3-2-8(17-4-6-20-7-5-17)11-10(9)15-13(21-11)16-12(14)18/h2-3,12,18H,4-7H2,1H3,(H,15,16). The average molecular weight is 421 g/mol. The topological polar surface area (TPSA) is 66.9 Å². The highest BCUT2D eigenvalue weighted by Gasteiger charge is 2.19. The zero-order valence-electron chi connectivity index (χ0n) is 11.5. The van der Waals surface area contributed by atoms with Crippen LogP contribution in [0.25, 0.3) is 10.2 Å². The number of thiazole rings is 1. The summed E-state index contributed by atoms with van der Waals surface area (Å²) in [6.45, 7) is 3.22. The Morgan fingerprint density at radius 2 is 2.24 bits per heavy atom. The molecule has 114 valence electrons. The van der Waals surface area contributed by atoms with Crippen LogP contribution in [0.3, 0.4) is 0 Å². The number of halogens is 1. The van der Waals surface area contributed by atoms with Gasteiger partial charge in [0.25, 0.3) is 0 Å². The first-order valence-corrected chi connectivity index (χ1v) is 8.64. The van der Waals surface area contributed by atoms with Crippen molar-refractivity contribution in [3.8, 4) is 5.75 Å². The van der Waals surface area contributed by atoms with E-state index in [9.17, 15) is 5.11 Å². The summed E-state index contributed by atoms with van der Waals surface area (Å²) < 4.78 is 11.2. The van der Waals surface area contributed by atoms with Gasteiger partial charge in [0, 0.05) is 13.1 Å². The number of hydrogen-bond donors (Lipinski definition) is 2. The fourth-order valence-corrected chi connectivity index (χ4v) is 3.90. The van der Waals surface area contributed by atoms with Gasteiger partial charge < -0.3 is 24.8 Å². The largest absolute Gasteiger partial charge is 0.494 e. The van der Waals surface area contributed by atoms with Gasteiger partial charge in [-0.3, -0.25) is 0 Å². The van der Waals surface area contributed by atoms with Gasteiger partial charge in [0.2, 0.25) is 0 Å². The molecule has 0 radical (unpaired) electrons. The fraction of sp³-hybridized carbons (Fsp3) is 0.462. The van der Waals surface area contributed by atoms with E-state index in [2.05, 4.69) is 21.3 Å². The Morgan fingerprint density at radius 1 is 1.48 bits per heavy atom. The second kappa shape index (κ2) is 6.51. The molecule has 0 spiro atoms. The predicted octanol–water partition coefficient (Wildman–Crippen LogP) is 2.26. The smallest absolute Gasteiger partial charge is 0.186 e. The number of alkyl halides is 1. The first-order valence-electron chi connectivity index (χ1n) is 6.58. The summed E-state index contributed by atoms with van der Waals surface area (Å²) in [5.41, 5.74) is 1.97. The lowest BCUT2D eigenvalue weighted by Crippen LogP contribution is -2.36. The summed E-state index contributed by atoms with van der Waals surface area (Å²) in [4.78, 5) is 6.84. The molecule has 1 aromatic heterocycles. The van der Waals surface area contributed by atoms with E-state index in [0.29, 0.717) is 5.13 Å². The van der Waals surface area contributed by atoms with E-state index in [1.807, 2.05) is 28.7 Å². The van der Waals surface area contributed by atoms with Crippen molar-refractivity contribution in [3.05, 3.63) is 12.1 Å². The Labute approximate surface area is 140 Å². The van der Waals surface area contributed by atoms with Crippen molar-refractivity contribution < 1.29 is 14.6 Å². The molecule has 0 saturated carbocycles. The Bertz CT molecular complexity index is 628. The number of aliphatic hydroxyl groups excluding tert-OH is 1. The molecule has 0 bridgehead atoms. The van der Waals surface area contributed by atoms with Crippen LogP contribution < -0.4 is 15.0 Å². The summed E-state index contributed by atoms with van der Waals surface area (Å²) in [5, 5.41) is 13.1. The number of nitrogens with zero attached hydrogens (tertiary/aromatic N) is 2. The lowest BCUT2D eigenvalue weighted by atomic mass is 10.2. The molecule has 1 aliphatic heterocycles. The fourth-order valence-electron chi connectivity index (χ4n) is 2.35. The van der Waals surface area contributed by atoms with Crippen molar-refractivity contribution in [2.45, 2.75) is 4.23 Å². The van der Waals surface area contributed by atoms with Crippen LogP contribution in [0.1, 0.15) is 0 Å². The van der Waals surface area contributed by atoms with E-state index in [4.69, 9.17) is 9.47 Å². The molecule has 1 aliphatic rings. The third kappa shape index (κ3) is 3.17. The Hall–Kier alpha value is -0.840. The summed E-state index contributed by atoms with van der Waals surface area (Å²) in [6.07, 6.45) is 0. The van der Waals surface area contributed by atoms with Gasteiger partial charge in [0.15, 0.2) is 9.37 Å². The lowest BCUT2D eigenvalue weighted by Gasteiger charge is -2.29. The van der Waals surface area contributed by atoms with E-state index in [1.165, 1.54) is 11.3 Å². The predicted molar refractivity (Wildman–Crippen MR) is 92.9 cm³/mol. The Morgan fingerprint density at radius 3 is 2.90 bits per heavy atom. The number of aromatic nitrogens is 1. The van der Waals surface area contributed by atoms with Crippen molar-refractivity contribution in [3.63, 3.8) is 0 Å². The molecule has 1 fully saturated rings. The van der Waals surface area contributed by atoms with Gasteiger partial charge in [-0.25, -0.2) is 4.98 Å². The third-order valence-corrected chi connectivity index (χ3v) is 4.62. The summed E-state index contributed by atoms with van der Waals surface area (Å²) >= 11 is 3.42. The molecule has 6 nitrogen and oxygen atoms in total. The summed E-state index contributed by atoms with van der Waals surface area (Å²) in [5.74, 6) is 0.745. The van der Waals surface area contributed by atoms with Crippen LogP contribution in [0.4, 0.5) is 10.8 Å². The molecule has 0 aliphatic carbocycles. The molecule has 1 saturated heterocycles. The van der Waals surface area contributed by atoms with E-state index in [-0.39, 0.29) is 0 Å². The first kappa shape index (κ1) is 15.1. The van der Waals surface area contributed by atoms with Crippen LogP contribution in [0, 0.1) is 0 Å². The molecule has 0 amide bonds. The van der Waals surface area contributed by atoms with E-state index in [1.54, 1.807) is 7.11 Å². The van der Waals surface area contributed by atoms with Crippen molar-refractivity contribution in [1.29, 1.82) is 0 Å². The zero-order valence-corrected chi connectivity index (χ0v) is 14.5. The Kier molecular flexibility index (Phi) is 4.67. The molecule has 1 unspecified atom stereocenters. The van der Waals surface area contributed by atoms with Gasteiger partial charge in [-0.05, 0) is 34.7 Å². The lowest BCUT2D eigenvalue weighted by molar-refractivity contribution is 0.123. The molecule has 2 N–H and O–H groups in total. The number of morpholine rings is 1. The van der Waals surface area contributed by atoms with Crippen LogP contribution in [-0.4, -0.2) is 47.7 Å². The minimum atomic E-state index is -0.666. The van der Waals surface area contributed by atoms with Gasteiger partial charge in [0.05, 0.1) is 30.7 Å². The minimum Gasteiger partial charge on any atom is -0.494 e. The van der Waals surface area contributed by atoms with Crippen LogP contribution in [0.5, 0.6) is 5.75 Å². The number of rotatable bonds is 4. The quantitative estimate of drug-likeness (QED) is 0.342. The molecule has 2 heterocycles. The van der Waals surface area contributed by atoms with Crippen molar-refractivity contribution >= 4 is 55.0 Å². The normalized spacial score (nSPS) is 17.0. The maximum absolute atomic E-state index is 9.46. The SMILES string of the molecule is COc1ccc(N2CCOCC2)c2sc(NC(O)I)nc12. The number of nitrogens with one attached hydrogen (secondary N) is 1. The number of anilines is 2. The highest BCUT2D eigenvalue weighted by atomic mass is 127.